The molecule has 0 saturated carbocycles. The van der Waals surface area contributed by atoms with E-state index in [1.807, 2.05) is 49.1 Å². The maximum absolute atomic E-state index is 13.5. The van der Waals surface area contributed by atoms with E-state index in [1.165, 1.54) is 31.9 Å². The summed E-state index contributed by atoms with van der Waals surface area (Å²) < 4.78 is 34.2. The zero-order valence-electron chi connectivity index (χ0n) is 50.9. The van der Waals surface area contributed by atoms with Gasteiger partial charge in [-0.15, -0.1) is 0 Å². The van der Waals surface area contributed by atoms with E-state index in [2.05, 4.69) is 208 Å². The first-order valence-corrected chi connectivity index (χ1v) is 34.9. The molecule has 442 valence electrons. The number of piperidine rings is 4. The SMILES string of the molecule is CC(C)(C)[Si](Cl)(c1ccccc1)c1ccccc1.CCOC(=O)N1C2CC3CC1[C@H](O)C2N(Cc1ccccc1)C3.CCOC(=O)N1C2CC3CC1[C@H](O[Si](c1ccccc1)(c1ccccc1)C(C)(C)C)C2N(Cc1ccccc1)C3.[2H]CF. The third kappa shape index (κ3) is 12.6. The van der Waals surface area contributed by atoms with Crippen molar-refractivity contribution in [1.29, 1.82) is 0 Å². The van der Waals surface area contributed by atoms with Gasteiger partial charge >= 0.3 is 12.2 Å². The van der Waals surface area contributed by atoms with Gasteiger partial charge in [0.25, 0.3) is 8.32 Å². The van der Waals surface area contributed by atoms with Gasteiger partial charge in [-0.05, 0) is 93.3 Å². The Bertz CT molecular complexity index is 2950. The van der Waals surface area contributed by atoms with Crippen LogP contribution in [0.1, 0.15) is 93.6 Å². The molecule has 1 N–H and O–H groups in total. The summed E-state index contributed by atoms with van der Waals surface area (Å²) in [5, 5.41) is 15.9. The van der Waals surface area contributed by atoms with E-state index in [-0.39, 0.29) is 64.6 Å². The predicted octanol–water partition coefficient (Wildman–Crippen LogP) is 11.7. The molecule has 6 heterocycles. The number of aliphatic hydroxyl groups is 1. The number of halogens is 2. The first-order valence-electron chi connectivity index (χ1n) is 30.7. The summed E-state index contributed by atoms with van der Waals surface area (Å²) in [4.78, 5) is 34.7. The minimum atomic E-state index is -2.82. The minimum absolute atomic E-state index is 0.00947. The fourth-order valence-corrected chi connectivity index (χ4v) is 23.9. The lowest BCUT2D eigenvalue weighted by Gasteiger charge is -2.47. The Labute approximate surface area is 502 Å². The van der Waals surface area contributed by atoms with E-state index < -0.39 is 29.0 Å². The number of rotatable bonds is 12. The number of nitrogens with zero attached hydrogens (tertiary/aromatic N) is 4. The molecule has 0 radical (unpaired) electrons. The van der Waals surface area contributed by atoms with E-state index in [9.17, 15) is 19.1 Å². The normalized spacial score (nSPS) is 25.4. The Balaban J connectivity index is 0.000000162. The summed E-state index contributed by atoms with van der Waals surface area (Å²) in [6, 6.07) is 64.2. The quantitative estimate of drug-likeness (QED) is 0.0957. The largest absolute Gasteiger partial charge is 0.450 e. The maximum atomic E-state index is 13.5. The molecule has 83 heavy (non-hydrogen) atoms. The van der Waals surface area contributed by atoms with Crippen molar-refractivity contribution in [1.82, 2.24) is 19.6 Å². The molecule has 10 nitrogen and oxygen atoms in total. The summed E-state index contributed by atoms with van der Waals surface area (Å²) in [6.07, 6.45) is 2.84. The van der Waals surface area contributed by atoms with Gasteiger partial charge in [0.2, 0.25) is 7.38 Å². The van der Waals surface area contributed by atoms with Crippen molar-refractivity contribution in [2.24, 2.45) is 11.8 Å². The van der Waals surface area contributed by atoms with Crippen molar-refractivity contribution in [2.75, 3.05) is 33.5 Å². The number of fused-ring (bicyclic) bond motifs is 4. The van der Waals surface area contributed by atoms with Crippen LogP contribution in [0.25, 0.3) is 0 Å². The Morgan fingerprint density at radius 3 is 1.27 bits per heavy atom. The monoisotopic (exact) mass is 1180 g/mol. The molecule has 14 heteroatoms. The molecule has 6 saturated heterocycles. The van der Waals surface area contributed by atoms with Crippen molar-refractivity contribution in [2.45, 2.75) is 153 Å². The van der Waals surface area contributed by atoms with Crippen LogP contribution in [0, 0.1) is 11.8 Å². The summed E-state index contributed by atoms with van der Waals surface area (Å²) in [6.45, 7) is 22.0. The molecular formula is C69H88ClFN4O6Si2. The molecule has 0 aliphatic carbocycles. The van der Waals surface area contributed by atoms with Gasteiger partial charge in [-0.3, -0.25) is 24.0 Å². The van der Waals surface area contributed by atoms with Crippen LogP contribution >= 0.6 is 11.1 Å². The first-order chi connectivity index (χ1) is 40.4. The third-order valence-electron chi connectivity index (χ3n) is 18.3. The van der Waals surface area contributed by atoms with Gasteiger partial charge in [-0.25, -0.2) is 9.59 Å². The van der Waals surface area contributed by atoms with E-state index in [4.69, 9.17) is 26.3 Å². The van der Waals surface area contributed by atoms with Gasteiger partial charge in [0.1, 0.15) is 0 Å². The van der Waals surface area contributed by atoms with Crippen LogP contribution in [-0.2, 0) is 27.0 Å². The Morgan fingerprint density at radius 1 is 0.542 bits per heavy atom. The van der Waals surface area contributed by atoms with Crippen molar-refractivity contribution in [3.05, 3.63) is 193 Å². The first kappa shape index (κ1) is 60.5. The van der Waals surface area contributed by atoms with Crippen molar-refractivity contribution < 1.29 is 34.4 Å². The topological polar surface area (TPSA) is 95.0 Å². The molecule has 8 unspecified atom stereocenters. The van der Waals surface area contributed by atoms with E-state index in [0.29, 0.717) is 25.0 Å². The molecule has 10 atom stereocenters. The van der Waals surface area contributed by atoms with Gasteiger partial charge in [0.05, 0.1) is 70.2 Å². The van der Waals surface area contributed by atoms with Crippen LogP contribution in [0.2, 0.25) is 10.1 Å². The highest BCUT2D eigenvalue weighted by Gasteiger charge is 2.64. The maximum Gasteiger partial charge on any atom is 0.410 e. The van der Waals surface area contributed by atoms with Gasteiger partial charge in [0.15, 0.2) is 0 Å². The average Bonchev–Trinajstić information content (AvgIpc) is 2.83. The number of alkyl halides is 1. The molecule has 0 spiro atoms. The van der Waals surface area contributed by atoms with E-state index in [0.717, 1.165) is 51.9 Å². The lowest BCUT2D eigenvalue weighted by atomic mass is 9.86. The number of benzene rings is 6. The Hall–Kier alpha value is -5.65. The molecule has 6 bridgehead atoms. The number of hydrogen-bond acceptors (Lipinski definition) is 8. The van der Waals surface area contributed by atoms with Gasteiger partial charge in [0, 0.05) is 26.2 Å². The second kappa shape index (κ2) is 26.7. The van der Waals surface area contributed by atoms with Crippen molar-refractivity contribution in [3.8, 4) is 0 Å². The second-order valence-electron chi connectivity index (χ2n) is 25.3. The van der Waals surface area contributed by atoms with Crippen molar-refractivity contribution in [3.63, 3.8) is 0 Å². The summed E-state index contributed by atoms with van der Waals surface area (Å²) in [5.41, 5.74) is 2.56. The molecule has 0 aromatic heterocycles. The van der Waals surface area contributed by atoms with Crippen LogP contribution in [0.5, 0.6) is 0 Å². The highest BCUT2D eigenvalue weighted by atomic mass is 35.6. The van der Waals surface area contributed by atoms with E-state index >= 15 is 0 Å². The molecule has 6 aromatic carbocycles. The van der Waals surface area contributed by atoms with Gasteiger partial charge in [-0.2, -0.15) is 11.1 Å². The van der Waals surface area contributed by atoms with Crippen LogP contribution < -0.4 is 20.7 Å². The van der Waals surface area contributed by atoms with Gasteiger partial charge < -0.3 is 19.0 Å². The zero-order valence-corrected chi connectivity index (χ0v) is 52.7. The number of amides is 2. The summed E-state index contributed by atoms with van der Waals surface area (Å²) in [7, 11) is -6.05. The highest BCUT2D eigenvalue weighted by molar-refractivity contribution is 7.35. The number of likely N-dealkylation sites (tertiary alicyclic amines) is 2. The van der Waals surface area contributed by atoms with Crippen LogP contribution in [0.15, 0.2) is 182 Å². The van der Waals surface area contributed by atoms with Crippen molar-refractivity contribution >= 4 is 59.7 Å². The van der Waals surface area contributed by atoms with Crippen LogP contribution in [-0.4, -0.2) is 135 Å². The molecular weight excluding hydrogens is 1090 g/mol. The third-order valence-corrected chi connectivity index (χ3v) is 30.7. The molecule has 12 rings (SSSR count). The molecule has 6 aromatic rings. The predicted molar refractivity (Wildman–Crippen MR) is 339 cm³/mol. The fraction of sp³-hybridized carbons (Fsp3) is 0.449. The molecule has 6 fully saturated rings. The number of hydrogen-bond donors (Lipinski definition) is 1. The van der Waals surface area contributed by atoms with Crippen LogP contribution in [0.4, 0.5) is 14.0 Å². The van der Waals surface area contributed by atoms with Crippen LogP contribution in [0.3, 0.4) is 0 Å². The number of ether oxygens (including phenoxy) is 2. The smallest absolute Gasteiger partial charge is 0.410 e. The minimum Gasteiger partial charge on any atom is -0.450 e. The standard InChI is InChI=1S/C34H42N2O3Si.C18H24N2O3.C16H19ClSi.CH3F/c1-5-38-33(37)36-29-21-26-22-30(36)32(31(29)35(24-26)23-25-15-9-6-10-16-25)39-40(34(2,3)4,27-17-11-7-12-18-27)28-19-13-8-14-20-28;1-2-23-18(22)20-14-8-13-9-15(20)17(21)16(14)19(11-13)10-12-6-4-3-5-7-12;1-16(2,3)18(17,14-10-6-4-7-11-14)15-12-8-5-9-13-15;1-2/h6-20,26,29-32H,5,21-24H2,1-4H3;3-7,13-17,21H,2,8-11H2,1H3;4-13H,1-3H3;1H3/t26?,29?,30?,31?,32-;13?,14?,15?,16?,17-;;/m00../s1/i;;;1D. The second-order valence-corrected chi connectivity index (χ2v) is 35.3. The number of aliphatic hydroxyl groups excluding tert-OH is 1. The highest BCUT2D eigenvalue weighted by Crippen LogP contribution is 2.51. The Kier molecular flexibility index (Phi) is 19.5. The number of carbonyl (C=O) groups is 2. The lowest BCUT2D eigenvalue weighted by Crippen LogP contribution is -2.69. The van der Waals surface area contributed by atoms with E-state index in [1.54, 1.807) is 0 Å². The zero-order chi connectivity index (χ0) is 59.8. The van der Waals surface area contributed by atoms with Gasteiger partial charge in [-0.1, -0.05) is 224 Å². The fourth-order valence-electron chi connectivity index (χ4n) is 15.1. The number of carbonyl (C=O) groups excluding carboxylic acids is 2. The lowest BCUT2D eigenvalue weighted by molar-refractivity contribution is 0.00727. The molecule has 6 aliphatic rings. The summed E-state index contributed by atoms with van der Waals surface area (Å²) >= 11 is 7.21. The Morgan fingerprint density at radius 2 is 0.880 bits per heavy atom. The average molecular weight is 1180 g/mol. The molecule has 2 amide bonds. The molecule has 6 aliphatic heterocycles. The summed E-state index contributed by atoms with van der Waals surface area (Å²) in [5.74, 6) is 1.11.